The molecule has 0 fully saturated rings. The Balaban J connectivity index is 1.67. The van der Waals surface area contributed by atoms with E-state index < -0.39 is 0 Å². The number of aryl methyl sites for hydroxylation is 1. The Morgan fingerprint density at radius 3 is 2.89 bits per heavy atom. The van der Waals surface area contributed by atoms with Crippen molar-refractivity contribution in [2.75, 3.05) is 4.90 Å². The normalized spacial score (nSPS) is 16.2. The van der Waals surface area contributed by atoms with Crippen molar-refractivity contribution in [3.63, 3.8) is 0 Å². The van der Waals surface area contributed by atoms with Gasteiger partial charge in [-0.15, -0.1) is 11.3 Å². The summed E-state index contributed by atoms with van der Waals surface area (Å²) in [4.78, 5) is 33.8. The van der Waals surface area contributed by atoms with Crippen LogP contribution in [0.15, 0.2) is 53.5 Å². The molecule has 134 valence electrons. The van der Waals surface area contributed by atoms with E-state index in [9.17, 15) is 9.59 Å². The van der Waals surface area contributed by atoms with Gasteiger partial charge in [0, 0.05) is 17.9 Å². The van der Waals surface area contributed by atoms with Gasteiger partial charge in [0.2, 0.25) is 0 Å². The minimum absolute atomic E-state index is 0.0689. The Kier molecular flexibility index (Phi) is 3.45. The zero-order valence-electron chi connectivity index (χ0n) is 15.0. The number of anilines is 1. The molecule has 4 heterocycles. The Hall–Kier alpha value is -2.99. The van der Waals surface area contributed by atoms with Crippen LogP contribution in [0.5, 0.6) is 0 Å². The van der Waals surface area contributed by atoms with Gasteiger partial charge >= 0.3 is 0 Å². The van der Waals surface area contributed by atoms with Gasteiger partial charge in [-0.3, -0.25) is 14.0 Å². The Morgan fingerprint density at radius 1 is 1.22 bits per heavy atom. The van der Waals surface area contributed by atoms with E-state index in [-0.39, 0.29) is 17.5 Å². The molecule has 3 aromatic heterocycles. The molecule has 0 bridgehead atoms. The molecular formula is C21H17N3O2S. The van der Waals surface area contributed by atoms with E-state index in [4.69, 9.17) is 0 Å². The SMILES string of the molecule is Cc1cccn2c(=O)c3cc(C(=O)N4c5ccccc5CC4C)sc3nc12. The number of hydrogen-bond acceptors (Lipinski definition) is 4. The Bertz CT molecular complexity index is 1290. The number of nitrogens with zero attached hydrogens (tertiary/aromatic N) is 3. The lowest BCUT2D eigenvalue weighted by molar-refractivity contribution is 0.0985. The first-order chi connectivity index (χ1) is 13.0. The standard InChI is InChI=1S/C21H17N3O2S/c1-12-6-5-9-23-18(12)22-19-15(20(23)25)11-17(27-19)21(26)24-13(2)10-14-7-3-4-8-16(14)24/h3-9,11,13H,10H2,1-2H3. The maximum absolute atomic E-state index is 13.3. The third kappa shape index (κ3) is 2.33. The van der Waals surface area contributed by atoms with Gasteiger partial charge in [-0.05, 0) is 49.6 Å². The molecule has 1 atom stereocenters. The first-order valence-corrected chi connectivity index (χ1v) is 9.69. The van der Waals surface area contributed by atoms with E-state index in [0.717, 1.165) is 17.7 Å². The van der Waals surface area contributed by atoms with Crippen molar-refractivity contribution in [3.05, 3.63) is 75.0 Å². The molecular weight excluding hydrogens is 358 g/mol. The van der Waals surface area contributed by atoms with Crippen molar-refractivity contribution in [2.45, 2.75) is 26.3 Å². The zero-order valence-corrected chi connectivity index (χ0v) is 15.8. The van der Waals surface area contributed by atoms with Crippen LogP contribution in [0.2, 0.25) is 0 Å². The summed E-state index contributed by atoms with van der Waals surface area (Å²) in [6, 6.07) is 13.5. The van der Waals surface area contributed by atoms with E-state index in [1.165, 1.54) is 16.9 Å². The molecule has 5 rings (SSSR count). The van der Waals surface area contributed by atoms with Crippen LogP contribution in [0.1, 0.15) is 27.7 Å². The van der Waals surface area contributed by atoms with Crippen molar-refractivity contribution in [3.8, 4) is 0 Å². The largest absolute Gasteiger partial charge is 0.304 e. The zero-order chi connectivity index (χ0) is 18.7. The highest BCUT2D eigenvalue weighted by atomic mass is 32.1. The van der Waals surface area contributed by atoms with Crippen LogP contribution in [-0.2, 0) is 6.42 Å². The molecule has 27 heavy (non-hydrogen) atoms. The van der Waals surface area contributed by atoms with Gasteiger partial charge in [-0.25, -0.2) is 4.98 Å². The van der Waals surface area contributed by atoms with Crippen LogP contribution < -0.4 is 10.5 Å². The lowest BCUT2D eigenvalue weighted by Gasteiger charge is -2.21. The molecule has 4 aromatic rings. The molecule has 1 aliphatic heterocycles. The third-order valence-corrected chi connectivity index (χ3v) is 6.19. The highest BCUT2D eigenvalue weighted by Gasteiger charge is 2.32. The lowest BCUT2D eigenvalue weighted by atomic mass is 10.1. The fourth-order valence-electron chi connectivity index (χ4n) is 3.86. The van der Waals surface area contributed by atoms with Crippen molar-refractivity contribution in [1.29, 1.82) is 0 Å². The van der Waals surface area contributed by atoms with Crippen LogP contribution in [0.4, 0.5) is 5.69 Å². The summed E-state index contributed by atoms with van der Waals surface area (Å²) >= 11 is 1.29. The van der Waals surface area contributed by atoms with Gasteiger partial charge in [0.15, 0.2) is 0 Å². The maximum Gasteiger partial charge on any atom is 0.268 e. The minimum Gasteiger partial charge on any atom is -0.304 e. The van der Waals surface area contributed by atoms with Crippen LogP contribution in [0.25, 0.3) is 15.9 Å². The first-order valence-electron chi connectivity index (χ1n) is 8.87. The topological polar surface area (TPSA) is 54.7 Å². The fraction of sp³-hybridized carbons (Fsp3) is 0.190. The minimum atomic E-state index is -0.135. The molecule has 5 nitrogen and oxygen atoms in total. The molecule has 0 N–H and O–H groups in total. The number of para-hydroxylation sites is 1. The van der Waals surface area contributed by atoms with Gasteiger partial charge in [-0.1, -0.05) is 24.3 Å². The first kappa shape index (κ1) is 16.2. The van der Waals surface area contributed by atoms with Crippen LogP contribution >= 0.6 is 11.3 Å². The molecule has 0 saturated heterocycles. The predicted octanol–water partition coefficient (Wildman–Crippen LogP) is 3.81. The number of hydrogen-bond donors (Lipinski definition) is 0. The molecule has 1 aromatic carbocycles. The highest BCUT2D eigenvalue weighted by molar-refractivity contribution is 7.20. The second-order valence-electron chi connectivity index (χ2n) is 6.99. The van der Waals surface area contributed by atoms with Crippen LogP contribution in [0.3, 0.4) is 0 Å². The van der Waals surface area contributed by atoms with Gasteiger partial charge < -0.3 is 4.90 Å². The molecule has 1 amide bonds. The quantitative estimate of drug-likeness (QED) is 0.508. The summed E-state index contributed by atoms with van der Waals surface area (Å²) in [5.74, 6) is -0.0689. The summed E-state index contributed by atoms with van der Waals surface area (Å²) in [7, 11) is 0. The molecule has 6 heteroatoms. The monoisotopic (exact) mass is 375 g/mol. The van der Waals surface area contributed by atoms with Crippen molar-refractivity contribution < 1.29 is 4.79 Å². The number of carbonyl (C=O) groups excluding carboxylic acids is 1. The smallest absolute Gasteiger partial charge is 0.268 e. The summed E-state index contributed by atoms with van der Waals surface area (Å²) in [6.07, 6.45) is 2.56. The average Bonchev–Trinajstić information content (AvgIpc) is 3.23. The van der Waals surface area contributed by atoms with Gasteiger partial charge in [-0.2, -0.15) is 0 Å². The lowest BCUT2D eigenvalue weighted by Crippen LogP contribution is -2.35. The molecule has 0 radical (unpaired) electrons. The number of thiophene rings is 1. The maximum atomic E-state index is 13.3. The van der Waals surface area contributed by atoms with E-state index in [1.807, 2.05) is 42.2 Å². The fourth-order valence-corrected chi connectivity index (χ4v) is 4.82. The Labute approximate surface area is 159 Å². The number of carbonyl (C=O) groups is 1. The summed E-state index contributed by atoms with van der Waals surface area (Å²) in [6.45, 7) is 3.98. The number of benzene rings is 1. The van der Waals surface area contributed by atoms with Gasteiger partial charge in [0.1, 0.15) is 10.5 Å². The molecule has 0 aliphatic carbocycles. The Morgan fingerprint density at radius 2 is 2.04 bits per heavy atom. The van der Waals surface area contributed by atoms with Crippen molar-refractivity contribution in [2.24, 2.45) is 0 Å². The molecule has 1 aliphatic rings. The summed E-state index contributed by atoms with van der Waals surface area (Å²) < 4.78 is 1.55. The van der Waals surface area contributed by atoms with Crippen molar-refractivity contribution >= 4 is 38.8 Å². The van der Waals surface area contributed by atoms with E-state index in [2.05, 4.69) is 18.0 Å². The van der Waals surface area contributed by atoms with E-state index in [1.54, 1.807) is 16.7 Å². The number of rotatable bonds is 1. The van der Waals surface area contributed by atoms with Crippen molar-refractivity contribution in [1.82, 2.24) is 9.38 Å². The molecule has 0 spiro atoms. The number of fused-ring (bicyclic) bond motifs is 3. The predicted molar refractivity (Wildman–Crippen MR) is 108 cm³/mol. The van der Waals surface area contributed by atoms with Crippen LogP contribution in [-0.4, -0.2) is 21.3 Å². The number of amides is 1. The van der Waals surface area contributed by atoms with Gasteiger partial charge in [0.05, 0.1) is 10.3 Å². The molecule has 1 unspecified atom stereocenters. The van der Waals surface area contributed by atoms with Crippen LogP contribution in [0, 0.1) is 6.92 Å². The summed E-state index contributed by atoms with van der Waals surface area (Å²) in [5, 5.41) is 0.492. The molecule has 0 saturated carbocycles. The second-order valence-corrected chi connectivity index (χ2v) is 8.02. The van der Waals surface area contributed by atoms with E-state index in [0.29, 0.717) is 20.7 Å². The average molecular weight is 375 g/mol. The third-order valence-electron chi connectivity index (χ3n) is 5.17. The van der Waals surface area contributed by atoms with E-state index >= 15 is 0 Å². The number of aromatic nitrogens is 2. The van der Waals surface area contributed by atoms with Gasteiger partial charge in [0.25, 0.3) is 11.5 Å². The number of pyridine rings is 1. The highest BCUT2D eigenvalue weighted by Crippen LogP contribution is 2.34. The summed E-state index contributed by atoms with van der Waals surface area (Å²) in [5.41, 5.74) is 3.57. The second kappa shape index (κ2) is 5.76.